The van der Waals surface area contributed by atoms with Gasteiger partial charge >= 0.3 is 0 Å². The molecule has 0 aliphatic heterocycles. The summed E-state index contributed by atoms with van der Waals surface area (Å²) in [5.41, 5.74) is 5.57. The maximum absolute atomic E-state index is 5.57. The quantitative estimate of drug-likeness (QED) is 0.642. The monoisotopic (exact) mass is 198 g/mol. The van der Waals surface area contributed by atoms with Gasteiger partial charge < -0.3 is 11.1 Å². The summed E-state index contributed by atoms with van der Waals surface area (Å²) in [7, 11) is 0. The zero-order valence-electron chi connectivity index (χ0n) is 9.60. The first-order valence-electron chi connectivity index (χ1n) is 6.23. The van der Waals surface area contributed by atoms with Gasteiger partial charge in [0.2, 0.25) is 0 Å². The standard InChI is InChI=1S/C12H26N2/c1-11(9-13)7-8-14-10-12-5-3-2-4-6-12/h11-12,14H,2-10,13H2,1H3. The van der Waals surface area contributed by atoms with Crippen LogP contribution in [-0.2, 0) is 0 Å². The largest absolute Gasteiger partial charge is 0.330 e. The van der Waals surface area contributed by atoms with Crippen LogP contribution in [-0.4, -0.2) is 19.6 Å². The molecule has 1 atom stereocenters. The van der Waals surface area contributed by atoms with Crippen LogP contribution in [0.15, 0.2) is 0 Å². The molecule has 0 radical (unpaired) electrons. The Morgan fingerprint density at radius 1 is 1.29 bits per heavy atom. The number of rotatable bonds is 6. The van der Waals surface area contributed by atoms with E-state index < -0.39 is 0 Å². The molecule has 1 aliphatic carbocycles. The summed E-state index contributed by atoms with van der Waals surface area (Å²) in [5.74, 6) is 1.63. The lowest BCUT2D eigenvalue weighted by atomic mass is 9.89. The lowest BCUT2D eigenvalue weighted by Crippen LogP contribution is -2.27. The molecule has 2 nitrogen and oxygen atoms in total. The van der Waals surface area contributed by atoms with Gasteiger partial charge in [-0.25, -0.2) is 0 Å². The Morgan fingerprint density at radius 3 is 2.64 bits per heavy atom. The predicted molar refractivity (Wildman–Crippen MR) is 62.3 cm³/mol. The SMILES string of the molecule is CC(CN)CCNCC1CCCCC1. The molecule has 3 N–H and O–H groups in total. The second-order valence-electron chi connectivity index (χ2n) is 4.84. The zero-order valence-corrected chi connectivity index (χ0v) is 9.60. The Kier molecular flexibility index (Phi) is 6.20. The van der Waals surface area contributed by atoms with Crippen LogP contribution in [0, 0.1) is 11.8 Å². The Morgan fingerprint density at radius 2 is 2.00 bits per heavy atom. The van der Waals surface area contributed by atoms with Gasteiger partial charge in [0.1, 0.15) is 0 Å². The van der Waals surface area contributed by atoms with E-state index in [1.807, 2.05) is 0 Å². The fraction of sp³-hybridized carbons (Fsp3) is 1.00. The molecule has 1 rings (SSSR count). The molecule has 84 valence electrons. The highest BCUT2D eigenvalue weighted by atomic mass is 14.9. The highest BCUT2D eigenvalue weighted by molar-refractivity contribution is 4.68. The summed E-state index contributed by atoms with van der Waals surface area (Å²) >= 11 is 0. The summed E-state index contributed by atoms with van der Waals surface area (Å²) in [5, 5.41) is 3.56. The maximum Gasteiger partial charge on any atom is -0.00205 e. The van der Waals surface area contributed by atoms with Crippen LogP contribution in [0.4, 0.5) is 0 Å². The molecule has 1 fully saturated rings. The van der Waals surface area contributed by atoms with Crippen molar-refractivity contribution >= 4 is 0 Å². The van der Waals surface area contributed by atoms with Crippen LogP contribution < -0.4 is 11.1 Å². The summed E-state index contributed by atoms with van der Waals surface area (Å²) in [6.07, 6.45) is 8.47. The maximum atomic E-state index is 5.57. The van der Waals surface area contributed by atoms with E-state index in [1.54, 1.807) is 0 Å². The van der Waals surface area contributed by atoms with Crippen LogP contribution in [0.3, 0.4) is 0 Å². The summed E-state index contributed by atoms with van der Waals surface area (Å²) in [6, 6.07) is 0. The number of nitrogens with two attached hydrogens (primary N) is 1. The molecule has 0 bridgehead atoms. The molecule has 14 heavy (non-hydrogen) atoms. The van der Waals surface area contributed by atoms with Gasteiger partial charge in [0, 0.05) is 0 Å². The number of hydrogen-bond acceptors (Lipinski definition) is 2. The van der Waals surface area contributed by atoms with E-state index in [-0.39, 0.29) is 0 Å². The normalized spacial score (nSPS) is 21.0. The third-order valence-corrected chi connectivity index (χ3v) is 3.37. The fourth-order valence-electron chi connectivity index (χ4n) is 2.16. The van der Waals surface area contributed by atoms with Gasteiger partial charge in [0.25, 0.3) is 0 Å². The van der Waals surface area contributed by atoms with Gasteiger partial charge in [0.15, 0.2) is 0 Å². The molecule has 0 aromatic rings. The first-order chi connectivity index (χ1) is 6.83. The van der Waals surface area contributed by atoms with E-state index in [4.69, 9.17) is 5.73 Å². The van der Waals surface area contributed by atoms with Gasteiger partial charge in [0.05, 0.1) is 0 Å². The molecule has 0 amide bonds. The Hall–Kier alpha value is -0.0800. The molecule has 2 heteroatoms. The zero-order chi connectivity index (χ0) is 10.2. The summed E-state index contributed by atoms with van der Waals surface area (Å²) in [6.45, 7) is 5.43. The molecule has 1 aliphatic rings. The molecule has 0 aromatic carbocycles. The van der Waals surface area contributed by atoms with Crippen LogP contribution in [0.5, 0.6) is 0 Å². The van der Waals surface area contributed by atoms with Crippen LogP contribution in [0.1, 0.15) is 45.4 Å². The molecule has 0 spiro atoms. The second-order valence-corrected chi connectivity index (χ2v) is 4.84. The second kappa shape index (κ2) is 7.24. The van der Waals surface area contributed by atoms with Crippen molar-refractivity contribution in [3.8, 4) is 0 Å². The molecule has 1 saturated carbocycles. The topological polar surface area (TPSA) is 38.0 Å². The first kappa shape index (κ1) is 12.0. The smallest absolute Gasteiger partial charge is 0.00205 e. The number of nitrogens with one attached hydrogen (secondary N) is 1. The lowest BCUT2D eigenvalue weighted by molar-refractivity contribution is 0.338. The summed E-state index contributed by atoms with van der Waals surface area (Å²) < 4.78 is 0. The number of hydrogen-bond donors (Lipinski definition) is 2. The molecule has 1 unspecified atom stereocenters. The van der Waals surface area contributed by atoms with Crippen molar-refractivity contribution in [3.05, 3.63) is 0 Å². The molecule has 0 aromatic heterocycles. The van der Waals surface area contributed by atoms with Gasteiger partial charge in [-0.2, -0.15) is 0 Å². The van der Waals surface area contributed by atoms with Crippen molar-refractivity contribution in [3.63, 3.8) is 0 Å². The lowest BCUT2D eigenvalue weighted by Gasteiger charge is -2.22. The Bertz CT molecular complexity index is 130. The highest BCUT2D eigenvalue weighted by Gasteiger charge is 2.12. The molecule has 0 saturated heterocycles. The average Bonchev–Trinajstić information content (AvgIpc) is 2.25. The van der Waals surface area contributed by atoms with Gasteiger partial charge in [-0.05, 0) is 50.7 Å². The highest BCUT2D eigenvalue weighted by Crippen LogP contribution is 2.22. The van der Waals surface area contributed by atoms with Gasteiger partial charge in [-0.3, -0.25) is 0 Å². The van der Waals surface area contributed by atoms with E-state index in [1.165, 1.54) is 45.1 Å². The minimum Gasteiger partial charge on any atom is -0.330 e. The van der Waals surface area contributed by atoms with E-state index >= 15 is 0 Å². The summed E-state index contributed by atoms with van der Waals surface area (Å²) in [4.78, 5) is 0. The van der Waals surface area contributed by atoms with Crippen LogP contribution in [0.2, 0.25) is 0 Å². The van der Waals surface area contributed by atoms with Crippen molar-refractivity contribution in [2.24, 2.45) is 17.6 Å². The minimum absolute atomic E-state index is 0.675. The molecular formula is C12H26N2. The van der Waals surface area contributed by atoms with Gasteiger partial charge in [-0.15, -0.1) is 0 Å². The third kappa shape index (κ3) is 4.97. The van der Waals surface area contributed by atoms with Crippen molar-refractivity contribution < 1.29 is 0 Å². The van der Waals surface area contributed by atoms with Gasteiger partial charge in [-0.1, -0.05) is 26.2 Å². The first-order valence-corrected chi connectivity index (χ1v) is 6.23. The predicted octanol–water partition coefficient (Wildman–Crippen LogP) is 2.14. The molecule has 0 heterocycles. The van der Waals surface area contributed by atoms with Crippen LogP contribution >= 0.6 is 0 Å². The van der Waals surface area contributed by atoms with E-state index in [9.17, 15) is 0 Å². The van der Waals surface area contributed by atoms with Crippen molar-refractivity contribution in [1.82, 2.24) is 5.32 Å². The average molecular weight is 198 g/mol. The molecular weight excluding hydrogens is 172 g/mol. The third-order valence-electron chi connectivity index (χ3n) is 3.37. The minimum atomic E-state index is 0.675. The van der Waals surface area contributed by atoms with Crippen molar-refractivity contribution in [2.75, 3.05) is 19.6 Å². The van der Waals surface area contributed by atoms with Crippen LogP contribution in [0.25, 0.3) is 0 Å². The van der Waals surface area contributed by atoms with E-state index in [2.05, 4.69) is 12.2 Å². The van der Waals surface area contributed by atoms with E-state index in [0.717, 1.165) is 19.0 Å². The Balaban J connectivity index is 1.92. The van der Waals surface area contributed by atoms with Crippen molar-refractivity contribution in [1.29, 1.82) is 0 Å². The van der Waals surface area contributed by atoms with E-state index in [0.29, 0.717) is 5.92 Å². The Labute approximate surface area is 88.6 Å². The fourth-order valence-corrected chi connectivity index (χ4v) is 2.16. The van der Waals surface area contributed by atoms with Crippen molar-refractivity contribution in [2.45, 2.75) is 45.4 Å².